The highest BCUT2D eigenvalue weighted by Gasteiger charge is 2.32. The second-order valence-electron chi connectivity index (χ2n) is 4.83. The number of aromatic nitrogens is 2. The van der Waals surface area contributed by atoms with E-state index in [2.05, 4.69) is 56.7 Å². The molecule has 2 atom stereocenters. The minimum absolute atomic E-state index is 0.503. The van der Waals surface area contributed by atoms with Crippen LogP contribution in [0.3, 0.4) is 0 Å². The molecule has 0 aliphatic carbocycles. The summed E-state index contributed by atoms with van der Waals surface area (Å²) in [7, 11) is 4.22. The van der Waals surface area contributed by atoms with Gasteiger partial charge >= 0.3 is 0 Å². The predicted molar refractivity (Wildman–Crippen MR) is 73.0 cm³/mol. The first-order valence-corrected chi connectivity index (χ1v) is 6.48. The molecule has 94 valence electrons. The predicted octanol–water partition coefficient (Wildman–Crippen LogP) is 1.21. The monoisotopic (exact) mass is 299 g/mol. The SMILES string of the molecule is CC1CN(c2nc(N)cc(Br)n2)CC1N(C)C. The molecule has 1 fully saturated rings. The third kappa shape index (κ3) is 2.69. The number of hydrogen-bond acceptors (Lipinski definition) is 5. The van der Waals surface area contributed by atoms with Crippen molar-refractivity contribution in [2.75, 3.05) is 37.8 Å². The molecule has 1 aromatic heterocycles. The molecular formula is C11H18BrN5. The van der Waals surface area contributed by atoms with Crippen molar-refractivity contribution in [1.82, 2.24) is 14.9 Å². The van der Waals surface area contributed by atoms with Crippen molar-refractivity contribution in [2.24, 2.45) is 5.92 Å². The van der Waals surface area contributed by atoms with Gasteiger partial charge in [0.2, 0.25) is 5.95 Å². The quantitative estimate of drug-likeness (QED) is 0.832. The first-order chi connectivity index (χ1) is 7.97. The fourth-order valence-electron chi connectivity index (χ4n) is 2.35. The van der Waals surface area contributed by atoms with Crippen molar-refractivity contribution >= 4 is 27.7 Å². The highest BCUT2D eigenvalue weighted by Crippen LogP contribution is 2.25. The molecule has 0 radical (unpaired) electrons. The Morgan fingerprint density at radius 2 is 2.12 bits per heavy atom. The van der Waals surface area contributed by atoms with Crippen LogP contribution in [0.25, 0.3) is 0 Å². The van der Waals surface area contributed by atoms with Crippen molar-refractivity contribution in [3.05, 3.63) is 10.7 Å². The third-order valence-electron chi connectivity index (χ3n) is 3.22. The van der Waals surface area contributed by atoms with E-state index in [0.717, 1.165) is 17.7 Å². The molecule has 2 rings (SSSR count). The molecule has 0 bridgehead atoms. The van der Waals surface area contributed by atoms with Gasteiger partial charge in [-0.3, -0.25) is 0 Å². The van der Waals surface area contributed by atoms with E-state index in [9.17, 15) is 0 Å². The molecule has 1 aliphatic heterocycles. The molecule has 17 heavy (non-hydrogen) atoms. The minimum Gasteiger partial charge on any atom is -0.383 e. The fraction of sp³-hybridized carbons (Fsp3) is 0.636. The van der Waals surface area contributed by atoms with Gasteiger partial charge in [-0.25, -0.2) is 4.98 Å². The summed E-state index contributed by atoms with van der Waals surface area (Å²) in [6.07, 6.45) is 0. The molecular weight excluding hydrogens is 282 g/mol. The van der Waals surface area contributed by atoms with E-state index >= 15 is 0 Å². The summed E-state index contributed by atoms with van der Waals surface area (Å²) in [5, 5.41) is 0. The van der Waals surface area contributed by atoms with Gasteiger partial charge in [-0.15, -0.1) is 0 Å². The van der Waals surface area contributed by atoms with Crippen LogP contribution >= 0.6 is 15.9 Å². The van der Waals surface area contributed by atoms with Gasteiger partial charge in [0, 0.05) is 25.2 Å². The summed E-state index contributed by atoms with van der Waals surface area (Å²) in [4.78, 5) is 13.1. The molecule has 1 aliphatic rings. The summed E-state index contributed by atoms with van der Waals surface area (Å²) < 4.78 is 0.737. The molecule has 0 spiro atoms. The molecule has 2 N–H and O–H groups in total. The first-order valence-electron chi connectivity index (χ1n) is 5.69. The number of nitrogens with two attached hydrogens (primary N) is 1. The van der Waals surface area contributed by atoms with E-state index < -0.39 is 0 Å². The molecule has 5 nitrogen and oxygen atoms in total. The summed E-state index contributed by atoms with van der Waals surface area (Å²) in [5.41, 5.74) is 5.74. The lowest BCUT2D eigenvalue weighted by molar-refractivity contribution is 0.266. The van der Waals surface area contributed by atoms with E-state index in [1.54, 1.807) is 6.07 Å². The van der Waals surface area contributed by atoms with Crippen LogP contribution < -0.4 is 10.6 Å². The maximum atomic E-state index is 5.74. The Hall–Kier alpha value is -0.880. The lowest BCUT2D eigenvalue weighted by atomic mass is 10.1. The number of nitrogens with zero attached hydrogens (tertiary/aromatic N) is 4. The molecule has 2 heterocycles. The Kier molecular flexibility index (Phi) is 3.53. The number of hydrogen-bond donors (Lipinski definition) is 1. The van der Waals surface area contributed by atoms with Crippen LogP contribution in [0.1, 0.15) is 6.92 Å². The van der Waals surface area contributed by atoms with Crippen LogP contribution in [0.15, 0.2) is 10.7 Å². The van der Waals surface area contributed by atoms with Crippen LogP contribution in [-0.4, -0.2) is 48.1 Å². The summed E-state index contributed by atoms with van der Waals surface area (Å²) in [6.45, 7) is 4.18. The maximum absolute atomic E-state index is 5.74. The van der Waals surface area contributed by atoms with Crippen LogP contribution in [0, 0.1) is 5.92 Å². The molecule has 6 heteroatoms. The van der Waals surface area contributed by atoms with Crippen molar-refractivity contribution < 1.29 is 0 Å². The number of anilines is 2. The molecule has 1 aromatic rings. The van der Waals surface area contributed by atoms with E-state index in [4.69, 9.17) is 5.73 Å². The Balaban J connectivity index is 2.19. The summed E-state index contributed by atoms with van der Waals surface area (Å²) in [5.74, 6) is 1.82. The molecule has 0 aromatic carbocycles. The maximum Gasteiger partial charge on any atom is 0.228 e. The first kappa shape index (κ1) is 12.6. The van der Waals surface area contributed by atoms with Crippen LogP contribution in [-0.2, 0) is 0 Å². The molecule has 2 unspecified atom stereocenters. The zero-order valence-corrected chi connectivity index (χ0v) is 12.0. The zero-order valence-electron chi connectivity index (χ0n) is 10.4. The third-order valence-corrected chi connectivity index (χ3v) is 3.63. The molecule has 1 saturated heterocycles. The van der Waals surface area contributed by atoms with Crippen molar-refractivity contribution in [3.8, 4) is 0 Å². The van der Waals surface area contributed by atoms with Crippen LogP contribution in [0.4, 0.5) is 11.8 Å². The Bertz CT molecular complexity index is 389. The average Bonchev–Trinajstić information content (AvgIpc) is 2.59. The topological polar surface area (TPSA) is 58.3 Å². The van der Waals surface area contributed by atoms with Crippen molar-refractivity contribution in [2.45, 2.75) is 13.0 Å². The van der Waals surface area contributed by atoms with E-state index in [1.165, 1.54) is 0 Å². The average molecular weight is 300 g/mol. The van der Waals surface area contributed by atoms with E-state index in [1.807, 2.05) is 0 Å². The number of nitrogen functional groups attached to an aromatic ring is 1. The lowest BCUT2D eigenvalue weighted by Crippen LogP contribution is -2.34. The van der Waals surface area contributed by atoms with E-state index in [-0.39, 0.29) is 0 Å². The van der Waals surface area contributed by atoms with Gasteiger partial charge in [-0.2, -0.15) is 4.98 Å². The van der Waals surface area contributed by atoms with Gasteiger partial charge in [0.25, 0.3) is 0 Å². The van der Waals surface area contributed by atoms with Crippen LogP contribution in [0.5, 0.6) is 0 Å². The van der Waals surface area contributed by atoms with Gasteiger partial charge in [-0.05, 0) is 35.9 Å². The van der Waals surface area contributed by atoms with E-state index in [0.29, 0.717) is 23.7 Å². The standard InChI is InChI=1S/C11H18BrN5/c1-7-5-17(6-8(7)16(2)3)11-14-9(12)4-10(13)15-11/h4,7-8H,5-6H2,1-3H3,(H2,13,14,15). The second-order valence-corrected chi connectivity index (χ2v) is 5.64. The zero-order chi connectivity index (χ0) is 12.6. The highest BCUT2D eigenvalue weighted by atomic mass is 79.9. The normalized spacial score (nSPS) is 24.6. The number of rotatable bonds is 2. The van der Waals surface area contributed by atoms with Gasteiger partial charge in [0.05, 0.1) is 0 Å². The molecule has 0 saturated carbocycles. The van der Waals surface area contributed by atoms with Gasteiger partial charge < -0.3 is 15.5 Å². The Morgan fingerprint density at radius 1 is 1.41 bits per heavy atom. The summed E-state index contributed by atoms with van der Waals surface area (Å²) >= 11 is 3.35. The smallest absolute Gasteiger partial charge is 0.228 e. The largest absolute Gasteiger partial charge is 0.383 e. The minimum atomic E-state index is 0.503. The Labute approximate surface area is 110 Å². The lowest BCUT2D eigenvalue weighted by Gasteiger charge is -2.22. The molecule has 0 amide bonds. The van der Waals surface area contributed by atoms with Gasteiger partial charge in [0.15, 0.2) is 0 Å². The van der Waals surface area contributed by atoms with Crippen molar-refractivity contribution in [3.63, 3.8) is 0 Å². The Morgan fingerprint density at radius 3 is 2.65 bits per heavy atom. The van der Waals surface area contributed by atoms with Crippen molar-refractivity contribution in [1.29, 1.82) is 0 Å². The van der Waals surface area contributed by atoms with Gasteiger partial charge in [-0.1, -0.05) is 6.92 Å². The van der Waals surface area contributed by atoms with Gasteiger partial charge in [0.1, 0.15) is 10.4 Å². The van der Waals surface area contributed by atoms with Crippen LogP contribution in [0.2, 0.25) is 0 Å². The number of halogens is 1. The highest BCUT2D eigenvalue weighted by molar-refractivity contribution is 9.10. The fourth-order valence-corrected chi connectivity index (χ4v) is 2.74. The summed E-state index contributed by atoms with van der Waals surface area (Å²) in [6, 6.07) is 2.26. The second kappa shape index (κ2) is 4.78. The number of likely N-dealkylation sites (N-methyl/N-ethyl adjacent to an activating group) is 1.